The second-order valence-corrected chi connectivity index (χ2v) is 5.80. The summed E-state index contributed by atoms with van der Waals surface area (Å²) < 4.78 is 70.9. The highest BCUT2D eigenvalue weighted by molar-refractivity contribution is 5.65. The molecular weight excluding hydrogens is 351 g/mol. The molecule has 0 unspecified atom stereocenters. The maximum absolute atomic E-state index is 13.5. The van der Waals surface area contributed by atoms with E-state index in [0.717, 1.165) is 24.1 Å². The fraction of sp³-hybridized carbons (Fsp3) is 0.533. The highest BCUT2D eigenvalue weighted by Crippen LogP contribution is 2.34. The number of hydrogen-bond donors (Lipinski definition) is 2. The third-order valence-corrected chi connectivity index (χ3v) is 4.17. The maximum atomic E-state index is 13.5. The molecule has 2 N–H and O–H groups in total. The fourth-order valence-corrected chi connectivity index (χ4v) is 3.04. The maximum Gasteiger partial charge on any atom is 0.406 e. The predicted molar refractivity (Wildman–Crippen MR) is 77.3 cm³/mol. The molecule has 10 heteroatoms. The zero-order valence-corrected chi connectivity index (χ0v) is 13.2. The first-order chi connectivity index (χ1) is 11.6. The van der Waals surface area contributed by atoms with Gasteiger partial charge in [-0.2, -0.15) is 13.2 Å². The normalized spacial score (nSPS) is 22.8. The summed E-state index contributed by atoms with van der Waals surface area (Å²) in [6.45, 7) is -1.03. The minimum absolute atomic E-state index is 0.177. The van der Waals surface area contributed by atoms with Gasteiger partial charge in [0.1, 0.15) is 6.04 Å². The van der Waals surface area contributed by atoms with Crippen molar-refractivity contribution in [2.24, 2.45) is 0 Å². The van der Waals surface area contributed by atoms with E-state index in [1.807, 2.05) is 0 Å². The molecule has 25 heavy (non-hydrogen) atoms. The first-order valence-electron chi connectivity index (χ1n) is 7.37. The van der Waals surface area contributed by atoms with E-state index in [1.54, 1.807) is 0 Å². The number of carboxylic acid groups (broad SMARTS) is 1. The van der Waals surface area contributed by atoms with Crippen molar-refractivity contribution in [1.29, 1.82) is 0 Å². The molecule has 0 aliphatic carbocycles. The van der Waals surface area contributed by atoms with Gasteiger partial charge in [0.2, 0.25) is 0 Å². The quantitative estimate of drug-likeness (QED) is 0.785. The van der Waals surface area contributed by atoms with Gasteiger partial charge in [0, 0.05) is 26.1 Å². The molecule has 140 valence electrons. The molecule has 0 spiro atoms. The standard InChI is InChI=1S/C15H17F5N2O3/c1-25-7-13(15(18,19)20)22-5-9(12(6-22)21-14(23)24)8-2-3-10(16)11(17)4-8/h2-4,9,12-13,21H,5-7H2,1H3,(H,23,24)/t9-,12+,13-/m0/s1. The number of amides is 1. The van der Waals surface area contributed by atoms with Gasteiger partial charge in [-0.25, -0.2) is 13.6 Å². The van der Waals surface area contributed by atoms with Crippen LogP contribution in [0.25, 0.3) is 0 Å². The van der Waals surface area contributed by atoms with Crippen LogP contribution >= 0.6 is 0 Å². The van der Waals surface area contributed by atoms with Crippen LogP contribution < -0.4 is 5.32 Å². The van der Waals surface area contributed by atoms with E-state index >= 15 is 0 Å². The number of ether oxygens (including phenoxy) is 1. The van der Waals surface area contributed by atoms with Crippen molar-refractivity contribution >= 4 is 6.09 Å². The molecule has 1 aromatic rings. The number of alkyl halides is 3. The zero-order valence-electron chi connectivity index (χ0n) is 13.2. The fourth-order valence-electron chi connectivity index (χ4n) is 3.04. The second kappa shape index (κ2) is 7.52. The van der Waals surface area contributed by atoms with Gasteiger partial charge in [0.15, 0.2) is 11.6 Å². The number of benzene rings is 1. The Morgan fingerprint density at radius 2 is 2.04 bits per heavy atom. The van der Waals surface area contributed by atoms with E-state index < -0.39 is 48.5 Å². The van der Waals surface area contributed by atoms with Crippen molar-refractivity contribution < 1.29 is 36.6 Å². The molecule has 1 aliphatic rings. The van der Waals surface area contributed by atoms with E-state index in [9.17, 15) is 26.7 Å². The van der Waals surface area contributed by atoms with Gasteiger partial charge in [0.25, 0.3) is 0 Å². The lowest BCUT2D eigenvalue weighted by Gasteiger charge is -2.29. The van der Waals surface area contributed by atoms with Crippen molar-refractivity contribution in [3.8, 4) is 0 Å². The van der Waals surface area contributed by atoms with Crippen molar-refractivity contribution in [3.63, 3.8) is 0 Å². The van der Waals surface area contributed by atoms with Crippen LogP contribution in [0, 0.1) is 11.6 Å². The van der Waals surface area contributed by atoms with Crippen molar-refractivity contribution in [2.45, 2.75) is 24.2 Å². The third-order valence-electron chi connectivity index (χ3n) is 4.17. The molecule has 0 radical (unpaired) electrons. The van der Waals surface area contributed by atoms with E-state index in [1.165, 1.54) is 6.07 Å². The number of nitrogens with zero attached hydrogens (tertiary/aromatic N) is 1. The minimum atomic E-state index is -4.58. The third kappa shape index (κ3) is 4.57. The van der Waals surface area contributed by atoms with Crippen LogP contribution in [0.1, 0.15) is 11.5 Å². The molecular formula is C15H17F5N2O3. The Balaban J connectivity index is 2.30. The monoisotopic (exact) mass is 368 g/mol. The van der Waals surface area contributed by atoms with E-state index in [0.29, 0.717) is 0 Å². The molecule has 0 bridgehead atoms. The summed E-state index contributed by atoms with van der Waals surface area (Å²) in [6.07, 6.45) is -5.98. The molecule has 5 nitrogen and oxygen atoms in total. The number of rotatable bonds is 5. The highest BCUT2D eigenvalue weighted by Gasteiger charge is 2.48. The van der Waals surface area contributed by atoms with Crippen molar-refractivity contribution in [1.82, 2.24) is 10.2 Å². The summed E-state index contributed by atoms with van der Waals surface area (Å²) in [7, 11) is 1.13. The van der Waals surface area contributed by atoms with Crippen LogP contribution in [-0.4, -0.2) is 61.2 Å². The second-order valence-electron chi connectivity index (χ2n) is 5.80. The lowest BCUT2D eigenvalue weighted by atomic mass is 9.94. The van der Waals surface area contributed by atoms with Gasteiger partial charge in [-0.15, -0.1) is 0 Å². The number of likely N-dealkylation sites (tertiary alicyclic amines) is 1. The highest BCUT2D eigenvalue weighted by atomic mass is 19.4. The summed E-state index contributed by atoms with van der Waals surface area (Å²) in [6, 6.07) is 0.151. The topological polar surface area (TPSA) is 61.8 Å². The van der Waals surface area contributed by atoms with Gasteiger partial charge in [-0.3, -0.25) is 4.90 Å². The molecule has 0 aromatic heterocycles. The molecule has 2 rings (SSSR count). The van der Waals surface area contributed by atoms with Gasteiger partial charge in [-0.1, -0.05) is 6.07 Å². The van der Waals surface area contributed by atoms with Crippen LogP contribution in [0.3, 0.4) is 0 Å². The van der Waals surface area contributed by atoms with E-state index in [-0.39, 0.29) is 18.7 Å². The van der Waals surface area contributed by atoms with Gasteiger partial charge < -0.3 is 15.2 Å². The first kappa shape index (κ1) is 19.4. The summed E-state index contributed by atoms with van der Waals surface area (Å²) in [5.41, 5.74) is 0.221. The average molecular weight is 368 g/mol. The zero-order chi connectivity index (χ0) is 18.8. The van der Waals surface area contributed by atoms with Crippen LogP contribution in [-0.2, 0) is 4.74 Å². The summed E-state index contributed by atoms with van der Waals surface area (Å²) >= 11 is 0. The molecule has 3 atom stereocenters. The number of methoxy groups -OCH3 is 1. The average Bonchev–Trinajstić information content (AvgIpc) is 2.89. The predicted octanol–water partition coefficient (Wildman–Crippen LogP) is 2.58. The molecule has 1 aliphatic heterocycles. The Morgan fingerprint density at radius 3 is 2.56 bits per heavy atom. The molecule has 1 aromatic carbocycles. The molecule has 1 saturated heterocycles. The van der Waals surface area contributed by atoms with Crippen LogP contribution in [0.5, 0.6) is 0 Å². The van der Waals surface area contributed by atoms with Crippen LogP contribution in [0.2, 0.25) is 0 Å². The number of hydrogen-bond acceptors (Lipinski definition) is 3. The Morgan fingerprint density at radius 1 is 1.36 bits per heavy atom. The SMILES string of the molecule is COC[C@H](N1C[C@@H](NC(=O)O)[C@H](c2ccc(F)c(F)c2)C1)C(F)(F)F. The Bertz CT molecular complexity index is 626. The summed E-state index contributed by atoms with van der Waals surface area (Å²) in [4.78, 5) is 12.0. The van der Waals surface area contributed by atoms with Crippen molar-refractivity contribution in [2.75, 3.05) is 26.8 Å². The van der Waals surface area contributed by atoms with Crippen LogP contribution in [0.4, 0.5) is 26.7 Å². The molecule has 1 heterocycles. The first-order valence-corrected chi connectivity index (χ1v) is 7.37. The number of halogens is 5. The minimum Gasteiger partial charge on any atom is -0.465 e. The molecule has 1 amide bonds. The molecule has 0 saturated carbocycles. The lowest BCUT2D eigenvalue weighted by molar-refractivity contribution is -0.192. The van der Waals surface area contributed by atoms with Crippen molar-refractivity contribution in [3.05, 3.63) is 35.4 Å². The van der Waals surface area contributed by atoms with Crippen LogP contribution in [0.15, 0.2) is 18.2 Å². The van der Waals surface area contributed by atoms with E-state index in [4.69, 9.17) is 5.11 Å². The van der Waals surface area contributed by atoms with Gasteiger partial charge in [-0.05, 0) is 17.7 Å². The molecule has 1 fully saturated rings. The Hall–Kier alpha value is -1.94. The number of nitrogens with one attached hydrogen (secondary N) is 1. The number of carbonyl (C=O) groups is 1. The summed E-state index contributed by atoms with van der Waals surface area (Å²) in [5.74, 6) is -2.99. The summed E-state index contributed by atoms with van der Waals surface area (Å²) in [5, 5.41) is 11.1. The van der Waals surface area contributed by atoms with Gasteiger partial charge >= 0.3 is 12.3 Å². The largest absolute Gasteiger partial charge is 0.465 e. The lowest BCUT2D eigenvalue weighted by Crippen LogP contribution is -2.48. The smallest absolute Gasteiger partial charge is 0.406 e. The van der Waals surface area contributed by atoms with Gasteiger partial charge in [0.05, 0.1) is 12.6 Å². The Labute approximate surface area is 140 Å². The Kier molecular flexibility index (Phi) is 5.83. The van der Waals surface area contributed by atoms with E-state index in [2.05, 4.69) is 10.1 Å².